The molecule has 4 aliphatic rings. The maximum atomic E-state index is 13.5. The molecule has 5 heterocycles. The molecule has 6 rings (SSSR count). The number of aromatic nitrogens is 2. The SMILES string of the molecule is C=C[C@@H]1C(C)=C2/C=C3\NC(=C(CCC(=O)OC/C=C(/C)CCC)[C@@H]3C)C3=c4[nH]/c(c(C)c4[C@@H](O)[C@@H]3C(=O)OC)=C\c3[nH]c(c(C)c3CC)/C=C/1N2. The number of aliphatic hydroxyl groups excluding tert-OH is 1. The zero-order chi connectivity index (χ0) is 36.7. The maximum Gasteiger partial charge on any atom is 0.316 e. The Morgan fingerprint density at radius 2 is 1.76 bits per heavy atom. The molecule has 8 bridgehead atoms. The highest BCUT2D eigenvalue weighted by Crippen LogP contribution is 2.44. The van der Waals surface area contributed by atoms with Gasteiger partial charge < -0.3 is 35.2 Å². The van der Waals surface area contributed by atoms with E-state index in [1.54, 1.807) is 0 Å². The number of methoxy groups -OCH3 is 1. The molecule has 0 fully saturated rings. The third-order valence-corrected chi connectivity index (χ3v) is 11.2. The Labute approximate surface area is 300 Å². The fourth-order valence-corrected chi connectivity index (χ4v) is 8.22. The number of aromatic amines is 2. The lowest BCUT2D eigenvalue weighted by molar-refractivity contribution is -0.146. The molecule has 0 saturated heterocycles. The molecule has 9 heteroatoms. The number of fused-ring (bicyclic) bond motifs is 8. The minimum Gasteiger partial charge on any atom is -0.468 e. The summed E-state index contributed by atoms with van der Waals surface area (Å²) in [6.45, 7) is 19.1. The van der Waals surface area contributed by atoms with Crippen LogP contribution >= 0.6 is 0 Å². The molecule has 2 aromatic heterocycles. The van der Waals surface area contributed by atoms with E-state index >= 15 is 0 Å². The van der Waals surface area contributed by atoms with Crippen LogP contribution in [0.25, 0.3) is 17.7 Å². The van der Waals surface area contributed by atoms with Crippen molar-refractivity contribution < 1.29 is 24.2 Å². The zero-order valence-electron chi connectivity index (χ0n) is 31.2. The van der Waals surface area contributed by atoms with Gasteiger partial charge in [-0.05, 0) is 99.1 Å². The molecule has 0 spiro atoms. The lowest BCUT2D eigenvalue weighted by atomic mass is 9.89. The summed E-state index contributed by atoms with van der Waals surface area (Å²) in [6.07, 6.45) is 12.7. The van der Waals surface area contributed by atoms with E-state index in [-0.39, 0.29) is 30.8 Å². The van der Waals surface area contributed by atoms with Crippen molar-refractivity contribution in [2.45, 2.75) is 86.7 Å². The van der Waals surface area contributed by atoms with Crippen LogP contribution in [0.1, 0.15) is 100 Å². The van der Waals surface area contributed by atoms with Crippen molar-refractivity contribution in [3.63, 3.8) is 0 Å². The van der Waals surface area contributed by atoms with Crippen molar-refractivity contribution in [2.24, 2.45) is 17.8 Å². The molecule has 270 valence electrons. The van der Waals surface area contributed by atoms with Gasteiger partial charge in [-0.3, -0.25) is 9.59 Å². The van der Waals surface area contributed by atoms with Crippen LogP contribution < -0.4 is 21.3 Å². The van der Waals surface area contributed by atoms with E-state index < -0.39 is 18.0 Å². The Morgan fingerprint density at radius 3 is 2.45 bits per heavy atom. The third-order valence-electron chi connectivity index (χ3n) is 11.2. The van der Waals surface area contributed by atoms with Crippen LogP contribution in [0.4, 0.5) is 0 Å². The van der Waals surface area contributed by atoms with Gasteiger partial charge in [0.2, 0.25) is 0 Å². The van der Waals surface area contributed by atoms with Crippen LogP contribution in [-0.4, -0.2) is 40.7 Å². The molecule has 0 aromatic carbocycles. The molecule has 4 atom stereocenters. The van der Waals surface area contributed by atoms with Gasteiger partial charge in [-0.1, -0.05) is 38.8 Å². The number of rotatable bonds is 10. The number of esters is 2. The quantitative estimate of drug-likeness (QED) is 0.157. The number of carbonyl (C=O) groups is 2. The highest BCUT2D eigenvalue weighted by Gasteiger charge is 2.45. The topological polar surface area (TPSA) is 128 Å². The van der Waals surface area contributed by atoms with Gasteiger partial charge in [0.05, 0.1) is 18.6 Å². The Hall–Kier alpha value is -4.76. The summed E-state index contributed by atoms with van der Waals surface area (Å²) in [5.74, 6) is -1.89. The first kappa shape index (κ1) is 36.0. The second kappa shape index (κ2) is 14.5. The van der Waals surface area contributed by atoms with E-state index in [1.807, 2.05) is 19.1 Å². The van der Waals surface area contributed by atoms with Gasteiger partial charge in [0.25, 0.3) is 0 Å². The lowest BCUT2D eigenvalue weighted by Gasteiger charge is -2.20. The first-order valence-corrected chi connectivity index (χ1v) is 18.2. The van der Waals surface area contributed by atoms with Crippen LogP contribution in [0.2, 0.25) is 0 Å². The Balaban J connectivity index is 1.56. The van der Waals surface area contributed by atoms with E-state index in [0.29, 0.717) is 22.9 Å². The van der Waals surface area contributed by atoms with Gasteiger partial charge in [-0.15, -0.1) is 6.58 Å². The average molecular weight is 693 g/mol. The first-order valence-electron chi connectivity index (χ1n) is 18.2. The van der Waals surface area contributed by atoms with Gasteiger partial charge in [0, 0.05) is 68.9 Å². The fraction of sp³-hybridized carbons (Fsp3) is 0.429. The van der Waals surface area contributed by atoms with E-state index in [0.717, 1.165) is 75.5 Å². The maximum absolute atomic E-state index is 13.5. The van der Waals surface area contributed by atoms with E-state index in [1.165, 1.54) is 23.8 Å². The molecule has 9 nitrogen and oxygen atoms in total. The molecule has 0 saturated carbocycles. The molecule has 0 unspecified atom stereocenters. The predicted molar refractivity (Wildman–Crippen MR) is 201 cm³/mol. The second-order valence-electron chi connectivity index (χ2n) is 14.2. The lowest BCUT2D eigenvalue weighted by Crippen LogP contribution is -2.27. The van der Waals surface area contributed by atoms with Gasteiger partial charge >= 0.3 is 11.9 Å². The van der Waals surface area contributed by atoms with Crippen molar-refractivity contribution in [1.29, 1.82) is 0 Å². The van der Waals surface area contributed by atoms with E-state index in [9.17, 15) is 14.7 Å². The van der Waals surface area contributed by atoms with Crippen molar-refractivity contribution in [2.75, 3.05) is 13.7 Å². The minimum atomic E-state index is -1.12. The average Bonchev–Trinajstić information content (AvgIpc) is 3.84. The van der Waals surface area contributed by atoms with Crippen molar-refractivity contribution in [3.8, 4) is 0 Å². The van der Waals surface area contributed by atoms with Crippen molar-refractivity contribution in [3.05, 3.63) is 109 Å². The monoisotopic (exact) mass is 692 g/mol. The molecule has 5 N–H and O–H groups in total. The second-order valence-corrected chi connectivity index (χ2v) is 14.2. The number of allylic oxidation sites excluding steroid dienone is 5. The standard InChI is InChI=1S/C42H52N4O5/c1-10-13-21(4)16-17-51-35(47)15-14-28-24(7)31-18-29-22(5)26(11-2)33(43-29)19-30-23(6)27(12-3)34(44-30)20-32-25(8)36-40(46-32)37(39(28)45-31)38(41(36)48)42(49)50-9/h11,16,18-20,24,26,38,41,43-46,48H,2,10,12-15,17H2,1,3-9H3/b21-16-,31-18-,32-20-,33-19-/t24-,26+,38+,41+/m0/s1. The predicted octanol–water partition coefficient (Wildman–Crippen LogP) is 5.82. The zero-order valence-corrected chi connectivity index (χ0v) is 31.2. The highest BCUT2D eigenvalue weighted by molar-refractivity contribution is 5.92. The smallest absolute Gasteiger partial charge is 0.316 e. The number of hydrogen-bond acceptors (Lipinski definition) is 7. The molecule has 0 amide bonds. The summed E-state index contributed by atoms with van der Waals surface area (Å²) in [6, 6.07) is 0. The molecule has 0 radical (unpaired) electrons. The summed E-state index contributed by atoms with van der Waals surface area (Å²) >= 11 is 0. The van der Waals surface area contributed by atoms with E-state index in [4.69, 9.17) is 9.47 Å². The summed E-state index contributed by atoms with van der Waals surface area (Å²) in [5.41, 5.74) is 13.6. The summed E-state index contributed by atoms with van der Waals surface area (Å²) in [4.78, 5) is 33.9. The number of aliphatic hydroxyl groups is 1. The number of nitrogens with one attached hydrogen (secondary N) is 4. The van der Waals surface area contributed by atoms with Crippen LogP contribution in [0, 0.1) is 31.6 Å². The molecular formula is C42H52N4O5. The highest BCUT2D eigenvalue weighted by atomic mass is 16.5. The minimum absolute atomic E-state index is 0.000429. The molecule has 51 heavy (non-hydrogen) atoms. The molecule has 1 aliphatic carbocycles. The normalized spacial score (nSPS) is 25.1. The molecular weight excluding hydrogens is 640 g/mol. The molecule has 2 aromatic rings. The van der Waals surface area contributed by atoms with Crippen LogP contribution in [0.15, 0.2) is 64.3 Å². The number of H-pyrrole nitrogens is 2. The van der Waals surface area contributed by atoms with Crippen molar-refractivity contribution in [1.82, 2.24) is 20.6 Å². The van der Waals surface area contributed by atoms with Gasteiger partial charge in [0.15, 0.2) is 0 Å². The third kappa shape index (κ3) is 6.37. The number of hydrogen-bond donors (Lipinski definition) is 5. The summed E-state index contributed by atoms with van der Waals surface area (Å²) < 4.78 is 10.9. The fourth-order valence-electron chi connectivity index (χ4n) is 8.22. The van der Waals surface area contributed by atoms with Crippen molar-refractivity contribution >= 4 is 29.7 Å². The number of ether oxygens (including phenoxy) is 2. The van der Waals surface area contributed by atoms with E-state index in [2.05, 4.69) is 87.0 Å². The van der Waals surface area contributed by atoms with Crippen LogP contribution in [-0.2, 0) is 25.5 Å². The first-order chi connectivity index (χ1) is 24.4. The van der Waals surface area contributed by atoms with Gasteiger partial charge in [-0.2, -0.15) is 0 Å². The Kier molecular flexibility index (Phi) is 10.2. The Morgan fingerprint density at radius 1 is 1.00 bits per heavy atom. The summed E-state index contributed by atoms with van der Waals surface area (Å²) in [7, 11) is 1.35. The largest absolute Gasteiger partial charge is 0.468 e. The summed E-state index contributed by atoms with van der Waals surface area (Å²) in [5, 5.41) is 20.8. The Bertz CT molecular complexity index is 2080. The van der Waals surface area contributed by atoms with Gasteiger partial charge in [-0.25, -0.2) is 0 Å². The molecule has 3 aliphatic heterocycles. The number of carbonyl (C=O) groups excluding carboxylic acids is 2. The van der Waals surface area contributed by atoms with Crippen LogP contribution in [0.3, 0.4) is 0 Å². The van der Waals surface area contributed by atoms with Gasteiger partial charge in [0.1, 0.15) is 12.5 Å². The van der Waals surface area contributed by atoms with Crippen LogP contribution in [0.5, 0.6) is 0 Å².